The molecule has 2 aliphatic rings. The lowest BCUT2D eigenvalue weighted by molar-refractivity contribution is 0.0920. The molecule has 1 unspecified atom stereocenters. The number of amides is 1. The van der Waals surface area contributed by atoms with Crippen LogP contribution in [0.3, 0.4) is 0 Å². The summed E-state index contributed by atoms with van der Waals surface area (Å²) in [5.41, 5.74) is 0.0985. The summed E-state index contributed by atoms with van der Waals surface area (Å²) in [6, 6.07) is 3.39. The molecule has 1 atom stereocenters. The molecule has 3 rings (SSSR count). The number of nitrogens with zero attached hydrogens (tertiary/aromatic N) is 1. The van der Waals surface area contributed by atoms with Crippen LogP contribution in [0.1, 0.15) is 68.1 Å². The molecule has 3 N–H and O–H groups in total. The van der Waals surface area contributed by atoms with Gasteiger partial charge in [0.05, 0.1) is 24.7 Å². The second-order valence-electron chi connectivity index (χ2n) is 8.49. The first-order valence-corrected chi connectivity index (χ1v) is 12.7. The van der Waals surface area contributed by atoms with Gasteiger partial charge in [0.2, 0.25) is 10.0 Å². The highest BCUT2D eigenvalue weighted by Crippen LogP contribution is 2.34. The van der Waals surface area contributed by atoms with E-state index in [2.05, 4.69) is 10.2 Å². The molecule has 0 spiro atoms. The number of methoxy groups -OCH3 is 2. The van der Waals surface area contributed by atoms with E-state index in [4.69, 9.17) is 14.6 Å². The van der Waals surface area contributed by atoms with Crippen molar-refractivity contribution in [1.29, 1.82) is 0 Å². The van der Waals surface area contributed by atoms with Gasteiger partial charge in [-0.1, -0.05) is 32.1 Å². The van der Waals surface area contributed by atoms with Crippen LogP contribution >= 0.6 is 0 Å². The standard InChI is InChI=1S/C22H35N3O5S/c1-29-20-14-18(31(23,27)28)13-19(21(20)30-2)22(26)24-15-17-11-8-12-25(17)16-9-6-4-3-5-7-10-16/h13-14,16-17H,3-12,15H2,1-2H3,(H,24,26)(H2,23,27,28). The maximum atomic E-state index is 13.0. The lowest BCUT2D eigenvalue weighted by atomic mass is 9.95. The molecule has 0 aromatic heterocycles. The van der Waals surface area contributed by atoms with Gasteiger partial charge in [-0.25, -0.2) is 13.6 Å². The predicted molar refractivity (Wildman–Crippen MR) is 119 cm³/mol. The minimum Gasteiger partial charge on any atom is -0.493 e. The molecule has 1 aliphatic carbocycles. The molecule has 8 nitrogen and oxygen atoms in total. The molecule has 31 heavy (non-hydrogen) atoms. The molecule has 1 saturated heterocycles. The molecule has 1 amide bonds. The third kappa shape index (κ3) is 5.90. The van der Waals surface area contributed by atoms with Gasteiger partial charge in [-0.15, -0.1) is 0 Å². The van der Waals surface area contributed by atoms with Crippen molar-refractivity contribution in [2.45, 2.75) is 74.8 Å². The van der Waals surface area contributed by atoms with Crippen molar-refractivity contribution in [2.75, 3.05) is 27.3 Å². The van der Waals surface area contributed by atoms with Crippen molar-refractivity contribution in [3.05, 3.63) is 17.7 Å². The van der Waals surface area contributed by atoms with Crippen molar-refractivity contribution in [2.24, 2.45) is 5.14 Å². The SMILES string of the molecule is COc1cc(S(N)(=O)=O)cc(C(=O)NCC2CCCN2C2CCCCCCC2)c1OC. The van der Waals surface area contributed by atoms with E-state index in [0.717, 1.165) is 19.4 Å². The second-order valence-corrected chi connectivity index (χ2v) is 10.1. The quantitative estimate of drug-likeness (QED) is 0.657. The molecule has 0 bridgehead atoms. The zero-order chi connectivity index (χ0) is 22.4. The summed E-state index contributed by atoms with van der Waals surface area (Å²) in [6.45, 7) is 1.59. The van der Waals surface area contributed by atoms with E-state index in [9.17, 15) is 13.2 Å². The van der Waals surface area contributed by atoms with Gasteiger partial charge < -0.3 is 14.8 Å². The number of primary sulfonamides is 1. The Labute approximate surface area is 185 Å². The Hall–Kier alpha value is -1.84. The fraction of sp³-hybridized carbons (Fsp3) is 0.682. The van der Waals surface area contributed by atoms with Crippen LogP contribution < -0.4 is 19.9 Å². The lowest BCUT2D eigenvalue weighted by Crippen LogP contribution is -2.45. The van der Waals surface area contributed by atoms with Gasteiger partial charge in [0.25, 0.3) is 5.91 Å². The zero-order valence-corrected chi connectivity index (χ0v) is 19.4. The molecule has 1 saturated carbocycles. The van der Waals surface area contributed by atoms with Gasteiger partial charge in [-0.05, 0) is 38.3 Å². The van der Waals surface area contributed by atoms with Crippen LogP contribution in [0.4, 0.5) is 0 Å². The van der Waals surface area contributed by atoms with E-state index in [0.29, 0.717) is 18.6 Å². The maximum absolute atomic E-state index is 13.0. The summed E-state index contributed by atoms with van der Waals surface area (Å²) >= 11 is 0. The van der Waals surface area contributed by atoms with Gasteiger partial charge in [-0.3, -0.25) is 9.69 Å². The van der Waals surface area contributed by atoms with E-state index in [1.54, 1.807) is 0 Å². The Balaban J connectivity index is 1.73. The molecule has 2 fully saturated rings. The fourth-order valence-corrected chi connectivity index (χ4v) is 5.46. The molecular formula is C22H35N3O5S. The number of nitrogens with one attached hydrogen (secondary N) is 1. The highest BCUT2D eigenvalue weighted by Gasteiger charge is 2.31. The van der Waals surface area contributed by atoms with Gasteiger partial charge in [0.15, 0.2) is 11.5 Å². The Morgan fingerprint density at radius 1 is 1.06 bits per heavy atom. The summed E-state index contributed by atoms with van der Waals surface area (Å²) in [5, 5.41) is 8.27. The average Bonchev–Trinajstić information content (AvgIpc) is 3.18. The Morgan fingerprint density at radius 3 is 2.35 bits per heavy atom. The van der Waals surface area contributed by atoms with Crippen LogP contribution in [-0.2, 0) is 10.0 Å². The Kier molecular flexibility index (Phi) is 8.18. The Bertz CT molecular complexity index is 866. The van der Waals surface area contributed by atoms with Crippen molar-refractivity contribution in [3.63, 3.8) is 0 Å². The van der Waals surface area contributed by atoms with E-state index in [1.165, 1.54) is 71.3 Å². The molecule has 1 heterocycles. The van der Waals surface area contributed by atoms with Gasteiger partial charge in [0, 0.05) is 24.7 Å². The zero-order valence-electron chi connectivity index (χ0n) is 18.6. The highest BCUT2D eigenvalue weighted by molar-refractivity contribution is 7.89. The smallest absolute Gasteiger partial charge is 0.255 e. The summed E-state index contributed by atoms with van der Waals surface area (Å²) in [6.07, 6.45) is 11.2. The molecule has 1 aromatic rings. The maximum Gasteiger partial charge on any atom is 0.255 e. The lowest BCUT2D eigenvalue weighted by Gasteiger charge is -2.34. The number of carbonyl (C=O) groups excluding carboxylic acids is 1. The molecule has 9 heteroatoms. The first-order chi connectivity index (χ1) is 14.8. The van der Waals surface area contributed by atoms with E-state index in [-0.39, 0.29) is 22.0 Å². The molecule has 174 valence electrons. The number of rotatable bonds is 7. The predicted octanol–water partition coefficient (Wildman–Crippen LogP) is 2.66. The van der Waals surface area contributed by atoms with Crippen LogP contribution in [0.5, 0.6) is 11.5 Å². The van der Waals surface area contributed by atoms with Crippen LogP contribution in [0.25, 0.3) is 0 Å². The first kappa shape index (κ1) is 23.8. The van der Waals surface area contributed by atoms with Crippen LogP contribution in [0.2, 0.25) is 0 Å². The van der Waals surface area contributed by atoms with Crippen molar-refractivity contribution < 1.29 is 22.7 Å². The fourth-order valence-electron chi connectivity index (χ4n) is 4.90. The van der Waals surface area contributed by atoms with E-state index in [1.807, 2.05) is 0 Å². The minimum atomic E-state index is -4.00. The summed E-state index contributed by atoms with van der Waals surface area (Å²) in [5.74, 6) is -0.0583. The topological polar surface area (TPSA) is 111 Å². The van der Waals surface area contributed by atoms with Crippen LogP contribution in [-0.4, -0.2) is 58.6 Å². The normalized spacial score (nSPS) is 21.3. The number of nitrogens with two attached hydrogens (primary N) is 1. The summed E-state index contributed by atoms with van der Waals surface area (Å²) in [7, 11) is -1.20. The van der Waals surface area contributed by atoms with Gasteiger partial charge in [-0.2, -0.15) is 0 Å². The third-order valence-electron chi connectivity index (χ3n) is 6.49. The van der Waals surface area contributed by atoms with Gasteiger partial charge in [0.1, 0.15) is 0 Å². The number of hydrogen-bond acceptors (Lipinski definition) is 6. The summed E-state index contributed by atoms with van der Waals surface area (Å²) in [4.78, 5) is 15.4. The number of hydrogen-bond donors (Lipinski definition) is 2. The van der Waals surface area contributed by atoms with Crippen LogP contribution in [0, 0.1) is 0 Å². The molecular weight excluding hydrogens is 418 g/mol. The number of ether oxygens (including phenoxy) is 2. The van der Waals surface area contributed by atoms with Crippen LogP contribution in [0.15, 0.2) is 17.0 Å². The number of carbonyl (C=O) groups is 1. The highest BCUT2D eigenvalue weighted by atomic mass is 32.2. The third-order valence-corrected chi connectivity index (χ3v) is 7.38. The van der Waals surface area contributed by atoms with E-state index < -0.39 is 15.9 Å². The van der Waals surface area contributed by atoms with Crippen molar-refractivity contribution in [1.82, 2.24) is 10.2 Å². The molecule has 1 aromatic carbocycles. The van der Waals surface area contributed by atoms with Crippen molar-refractivity contribution >= 4 is 15.9 Å². The minimum absolute atomic E-state index is 0.0985. The molecule has 0 radical (unpaired) electrons. The van der Waals surface area contributed by atoms with Gasteiger partial charge >= 0.3 is 0 Å². The summed E-state index contributed by atoms with van der Waals surface area (Å²) < 4.78 is 34.3. The average molecular weight is 454 g/mol. The van der Waals surface area contributed by atoms with Crippen molar-refractivity contribution in [3.8, 4) is 11.5 Å². The van der Waals surface area contributed by atoms with E-state index >= 15 is 0 Å². The largest absolute Gasteiger partial charge is 0.493 e. The first-order valence-electron chi connectivity index (χ1n) is 11.2. The second kappa shape index (κ2) is 10.7. The number of sulfonamides is 1. The Morgan fingerprint density at radius 2 is 1.74 bits per heavy atom. The monoisotopic (exact) mass is 453 g/mol. The molecule has 1 aliphatic heterocycles. The number of benzene rings is 1. The number of likely N-dealkylation sites (tertiary alicyclic amines) is 1.